The van der Waals surface area contributed by atoms with E-state index >= 15 is 0 Å². The van der Waals surface area contributed by atoms with Crippen molar-refractivity contribution in [3.8, 4) is 11.4 Å². The fraction of sp³-hybridized carbons (Fsp3) is 0.0667. The first-order chi connectivity index (χ1) is 10.2. The minimum atomic E-state index is -0.618. The zero-order valence-electron chi connectivity index (χ0n) is 11.1. The van der Waals surface area contributed by atoms with Crippen LogP contribution < -0.4 is 5.32 Å². The standard InChI is InChI=1S/C15H13FN4O/c16-14-6-11(4-5-15(14)21)8-17-12-2-1-3-13(7-12)20-9-18-19-10-20/h1-7,9-10,17,21H,8H2. The highest BCUT2D eigenvalue weighted by atomic mass is 19.1. The Kier molecular flexibility index (Phi) is 3.51. The number of nitrogens with one attached hydrogen (secondary N) is 1. The lowest BCUT2D eigenvalue weighted by Gasteiger charge is -2.09. The number of nitrogens with zero attached hydrogens (tertiary/aromatic N) is 3. The van der Waals surface area contributed by atoms with Gasteiger partial charge in [-0.1, -0.05) is 12.1 Å². The topological polar surface area (TPSA) is 63.0 Å². The van der Waals surface area contributed by atoms with E-state index in [1.54, 1.807) is 23.3 Å². The predicted molar refractivity (Wildman–Crippen MR) is 76.8 cm³/mol. The summed E-state index contributed by atoms with van der Waals surface area (Å²) in [6.45, 7) is 0.461. The minimum Gasteiger partial charge on any atom is -0.505 e. The lowest BCUT2D eigenvalue weighted by atomic mass is 10.2. The maximum Gasteiger partial charge on any atom is 0.165 e. The van der Waals surface area contributed by atoms with Gasteiger partial charge in [-0.3, -0.25) is 4.57 Å². The third-order valence-corrected chi connectivity index (χ3v) is 3.07. The van der Waals surface area contributed by atoms with Gasteiger partial charge in [0.2, 0.25) is 0 Å². The molecule has 106 valence electrons. The number of rotatable bonds is 4. The fourth-order valence-corrected chi connectivity index (χ4v) is 1.98. The molecule has 2 aromatic carbocycles. The Hall–Kier alpha value is -2.89. The number of phenols is 1. The van der Waals surface area contributed by atoms with E-state index in [9.17, 15) is 4.39 Å². The van der Waals surface area contributed by atoms with E-state index in [2.05, 4.69) is 15.5 Å². The van der Waals surface area contributed by atoms with Gasteiger partial charge in [-0.15, -0.1) is 10.2 Å². The van der Waals surface area contributed by atoms with Crippen LogP contribution in [-0.2, 0) is 6.54 Å². The first kappa shape index (κ1) is 13.1. The van der Waals surface area contributed by atoms with Crippen LogP contribution >= 0.6 is 0 Å². The molecule has 0 bridgehead atoms. The highest BCUT2D eigenvalue weighted by Gasteiger charge is 2.02. The van der Waals surface area contributed by atoms with Crippen LogP contribution in [0.4, 0.5) is 10.1 Å². The number of anilines is 1. The van der Waals surface area contributed by atoms with Crippen LogP contribution in [0.5, 0.6) is 5.75 Å². The molecule has 2 N–H and O–H groups in total. The predicted octanol–water partition coefficient (Wildman–Crippen LogP) is 2.72. The van der Waals surface area contributed by atoms with E-state index in [1.165, 1.54) is 12.1 Å². The smallest absolute Gasteiger partial charge is 0.165 e. The van der Waals surface area contributed by atoms with Gasteiger partial charge >= 0.3 is 0 Å². The van der Waals surface area contributed by atoms with Crippen LogP contribution in [0.15, 0.2) is 55.1 Å². The molecule has 3 rings (SSSR count). The Bertz CT molecular complexity index is 743. The van der Waals surface area contributed by atoms with E-state index in [-0.39, 0.29) is 5.75 Å². The van der Waals surface area contributed by atoms with Crippen LogP contribution in [0, 0.1) is 5.82 Å². The van der Waals surface area contributed by atoms with E-state index in [1.807, 2.05) is 24.3 Å². The van der Waals surface area contributed by atoms with Gasteiger partial charge in [0.05, 0.1) is 5.69 Å². The van der Waals surface area contributed by atoms with Gasteiger partial charge in [0.25, 0.3) is 0 Å². The first-order valence-electron chi connectivity index (χ1n) is 6.39. The highest BCUT2D eigenvalue weighted by Crippen LogP contribution is 2.18. The lowest BCUT2D eigenvalue weighted by Crippen LogP contribution is -2.00. The minimum absolute atomic E-state index is 0.339. The molecule has 0 atom stereocenters. The molecule has 0 radical (unpaired) electrons. The van der Waals surface area contributed by atoms with E-state index in [0.29, 0.717) is 6.54 Å². The fourth-order valence-electron chi connectivity index (χ4n) is 1.98. The molecule has 0 unspecified atom stereocenters. The van der Waals surface area contributed by atoms with Crippen LogP contribution in [0.25, 0.3) is 5.69 Å². The average molecular weight is 284 g/mol. The van der Waals surface area contributed by atoms with Crippen molar-refractivity contribution in [3.63, 3.8) is 0 Å². The molecule has 6 heteroatoms. The van der Waals surface area contributed by atoms with Gasteiger partial charge in [0.1, 0.15) is 12.7 Å². The molecular weight excluding hydrogens is 271 g/mol. The molecular formula is C15H13FN4O. The van der Waals surface area contributed by atoms with Gasteiger partial charge in [-0.2, -0.15) is 0 Å². The molecule has 0 saturated carbocycles. The molecule has 0 amide bonds. The Morgan fingerprint density at radius 2 is 1.90 bits per heavy atom. The molecule has 3 aromatic rings. The summed E-state index contributed by atoms with van der Waals surface area (Å²) >= 11 is 0. The number of hydrogen-bond acceptors (Lipinski definition) is 4. The molecule has 0 aliphatic heterocycles. The number of halogens is 1. The Labute approximate surface area is 120 Å². The molecule has 0 aliphatic rings. The summed E-state index contributed by atoms with van der Waals surface area (Å²) < 4.78 is 15.1. The van der Waals surface area contributed by atoms with Crippen molar-refractivity contribution >= 4 is 5.69 Å². The summed E-state index contributed by atoms with van der Waals surface area (Å²) in [5, 5.41) is 19.9. The normalized spacial score (nSPS) is 10.5. The van der Waals surface area contributed by atoms with Crippen molar-refractivity contribution in [1.82, 2.24) is 14.8 Å². The Morgan fingerprint density at radius 3 is 2.67 bits per heavy atom. The summed E-state index contributed by atoms with van der Waals surface area (Å²) in [4.78, 5) is 0. The lowest BCUT2D eigenvalue weighted by molar-refractivity contribution is 0.432. The number of hydrogen-bond donors (Lipinski definition) is 2. The molecule has 0 spiro atoms. The highest BCUT2D eigenvalue weighted by molar-refractivity contribution is 5.51. The summed E-state index contributed by atoms with van der Waals surface area (Å²) in [5.41, 5.74) is 2.58. The summed E-state index contributed by atoms with van der Waals surface area (Å²) in [6, 6.07) is 12.1. The monoisotopic (exact) mass is 284 g/mol. The van der Waals surface area contributed by atoms with Crippen LogP contribution in [0.1, 0.15) is 5.56 Å². The van der Waals surface area contributed by atoms with E-state index in [0.717, 1.165) is 16.9 Å². The summed E-state index contributed by atoms with van der Waals surface area (Å²) in [7, 11) is 0. The zero-order valence-corrected chi connectivity index (χ0v) is 11.1. The third-order valence-electron chi connectivity index (χ3n) is 3.07. The van der Waals surface area contributed by atoms with Crippen molar-refractivity contribution in [1.29, 1.82) is 0 Å². The van der Waals surface area contributed by atoms with Gasteiger partial charge in [-0.25, -0.2) is 4.39 Å². The molecule has 1 aromatic heterocycles. The van der Waals surface area contributed by atoms with Crippen molar-refractivity contribution in [2.24, 2.45) is 0 Å². The molecule has 0 aliphatic carbocycles. The van der Waals surface area contributed by atoms with Crippen LogP contribution in [0.3, 0.4) is 0 Å². The van der Waals surface area contributed by atoms with Gasteiger partial charge in [-0.05, 0) is 35.9 Å². The van der Waals surface area contributed by atoms with Crippen molar-refractivity contribution < 1.29 is 9.50 Å². The Balaban J connectivity index is 1.73. The quantitative estimate of drug-likeness (QED) is 0.773. The van der Waals surface area contributed by atoms with E-state index < -0.39 is 5.82 Å². The molecule has 5 nitrogen and oxygen atoms in total. The largest absolute Gasteiger partial charge is 0.505 e. The van der Waals surface area contributed by atoms with Gasteiger partial charge in [0, 0.05) is 12.2 Å². The van der Waals surface area contributed by atoms with Crippen molar-refractivity contribution in [2.45, 2.75) is 6.54 Å². The average Bonchev–Trinajstić information content (AvgIpc) is 3.03. The van der Waals surface area contributed by atoms with Crippen LogP contribution in [-0.4, -0.2) is 19.9 Å². The number of benzene rings is 2. The number of aromatic hydroxyl groups is 1. The Morgan fingerprint density at radius 1 is 1.10 bits per heavy atom. The number of phenolic OH excluding ortho intramolecular Hbond substituents is 1. The second kappa shape index (κ2) is 5.62. The summed E-state index contributed by atoms with van der Waals surface area (Å²) in [6.07, 6.45) is 3.24. The summed E-state index contributed by atoms with van der Waals surface area (Å²) in [5.74, 6) is -0.958. The van der Waals surface area contributed by atoms with Gasteiger partial charge < -0.3 is 10.4 Å². The number of aromatic nitrogens is 3. The van der Waals surface area contributed by atoms with Crippen molar-refractivity contribution in [2.75, 3.05) is 5.32 Å². The second-order valence-corrected chi connectivity index (χ2v) is 4.56. The molecule has 21 heavy (non-hydrogen) atoms. The molecule has 0 saturated heterocycles. The van der Waals surface area contributed by atoms with E-state index in [4.69, 9.17) is 5.11 Å². The van der Waals surface area contributed by atoms with Gasteiger partial charge in [0.15, 0.2) is 11.6 Å². The maximum absolute atomic E-state index is 13.3. The zero-order chi connectivity index (χ0) is 14.7. The molecule has 1 heterocycles. The van der Waals surface area contributed by atoms with Crippen molar-refractivity contribution in [3.05, 3.63) is 66.5 Å². The maximum atomic E-state index is 13.3. The molecule has 0 fully saturated rings. The third kappa shape index (κ3) is 3.00. The second-order valence-electron chi connectivity index (χ2n) is 4.56. The first-order valence-corrected chi connectivity index (χ1v) is 6.39. The SMILES string of the molecule is Oc1ccc(CNc2cccc(-n3cnnc3)c2)cc1F. The van der Waals surface area contributed by atoms with Crippen LogP contribution in [0.2, 0.25) is 0 Å².